The van der Waals surface area contributed by atoms with Gasteiger partial charge in [-0.2, -0.15) is 0 Å². The molecule has 1 N–H and O–H groups in total. The summed E-state index contributed by atoms with van der Waals surface area (Å²) < 4.78 is 1.84. The SMILES string of the molecule is O=C(c1cncn1-c1ccccc1)N1CCN([C@@H]2CCC[C@H]2O)CC1. The number of aliphatic hydroxyl groups excluding tert-OH is 1. The molecule has 1 aromatic heterocycles. The number of aromatic nitrogens is 2. The van der Waals surface area contributed by atoms with Crippen LogP contribution in [0.4, 0.5) is 0 Å². The van der Waals surface area contributed by atoms with E-state index in [2.05, 4.69) is 9.88 Å². The van der Waals surface area contributed by atoms with Gasteiger partial charge in [0.05, 0.1) is 18.6 Å². The van der Waals surface area contributed by atoms with Crippen LogP contribution in [0.15, 0.2) is 42.9 Å². The van der Waals surface area contributed by atoms with Crippen molar-refractivity contribution in [2.24, 2.45) is 0 Å². The first-order valence-corrected chi connectivity index (χ1v) is 9.03. The van der Waals surface area contributed by atoms with Crippen LogP contribution in [0.2, 0.25) is 0 Å². The fraction of sp³-hybridized carbons (Fsp3) is 0.474. The summed E-state index contributed by atoms with van der Waals surface area (Å²) in [5.74, 6) is 0.0213. The second-order valence-corrected chi connectivity index (χ2v) is 6.88. The first kappa shape index (κ1) is 16.3. The number of amides is 1. The highest BCUT2D eigenvalue weighted by molar-refractivity contribution is 5.93. The van der Waals surface area contributed by atoms with Crippen LogP contribution in [0.5, 0.6) is 0 Å². The first-order valence-electron chi connectivity index (χ1n) is 9.03. The number of carbonyl (C=O) groups is 1. The number of hydrogen-bond donors (Lipinski definition) is 1. The zero-order chi connectivity index (χ0) is 17.2. The van der Waals surface area contributed by atoms with Crippen molar-refractivity contribution in [3.8, 4) is 5.69 Å². The van der Waals surface area contributed by atoms with Crippen molar-refractivity contribution in [3.63, 3.8) is 0 Å². The summed E-state index contributed by atoms with van der Waals surface area (Å²) >= 11 is 0. The number of carbonyl (C=O) groups excluding carboxylic acids is 1. The minimum absolute atomic E-state index is 0.0213. The van der Waals surface area contributed by atoms with Crippen LogP contribution in [-0.2, 0) is 0 Å². The monoisotopic (exact) mass is 340 g/mol. The highest BCUT2D eigenvalue weighted by Gasteiger charge is 2.33. The summed E-state index contributed by atoms with van der Waals surface area (Å²) in [6, 6.07) is 10.1. The molecule has 1 aliphatic carbocycles. The standard InChI is InChI=1S/C19H24N4O2/c24-18-8-4-7-16(18)21-9-11-22(12-10-21)19(25)17-13-20-14-23(17)15-5-2-1-3-6-15/h1-3,5-6,13-14,16,18,24H,4,7-12H2/t16-,18-/m1/s1. The van der Waals surface area contributed by atoms with Crippen molar-refractivity contribution >= 4 is 5.91 Å². The molecule has 1 amide bonds. The fourth-order valence-electron chi connectivity index (χ4n) is 4.01. The minimum Gasteiger partial charge on any atom is -0.391 e. The maximum atomic E-state index is 12.9. The number of aliphatic hydroxyl groups is 1. The van der Waals surface area contributed by atoms with Crippen LogP contribution >= 0.6 is 0 Å². The Bertz CT molecular complexity index is 722. The summed E-state index contributed by atoms with van der Waals surface area (Å²) in [6.07, 6.45) is 6.19. The summed E-state index contributed by atoms with van der Waals surface area (Å²) in [5.41, 5.74) is 1.54. The Morgan fingerprint density at radius 3 is 2.52 bits per heavy atom. The lowest BCUT2D eigenvalue weighted by atomic mass is 10.1. The van der Waals surface area contributed by atoms with E-state index in [1.807, 2.05) is 39.8 Å². The largest absolute Gasteiger partial charge is 0.391 e. The molecule has 0 radical (unpaired) electrons. The van der Waals surface area contributed by atoms with Gasteiger partial charge in [-0.3, -0.25) is 14.3 Å². The van der Waals surface area contributed by atoms with Crippen molar-refractivity contribution in [1.82, 2.24) is 19.4 Å². The molecule has 132 valence electrons. The van der Waals surface area contributed by atoms with E-state index in [0.29, 0.717) is 18.8 Å². The summed E-state index contributed by atoms with van der Waals surface area (Å²) in [6.45, 7) is 3.05. The Balaban J connectivity index is 1.44. The zero-order valence-corrected chi connectivity index (χ0v) is 14.3. The third-order valence-electron chi connectivity index (χ3n) is 5.41. The number of nitrogens with zero attached hydrogens (tertiary/aromatic N) is 4. The topological polar surface area (TPSA) is 61.6 Å². The normalized spacial score (nSPS) is 24.6. The zero-order valence-electron chi connectivity index (χ0n) is 14.3. The van der Waals surface area contributed by atoms with E-state index in [4.69, 9.17) is 0 Å². The van der Waals surface area contributed by atoms with Gasteiger partial charge in [-0.1, -0.05) is 18.2 Å². The van der Waals surface area contributed by atoms with Gasteiger partial charge in [-0.25, -0.2) is 4.98 Å². The molecule has 1 aromatic carbocycles. The summed E-state index contributed by atoms with van der Waals surface area (Å²) in [5, 5.41) is 10.1. The average Bonchev–Trinajstić information content (AvgIpc) is 3.31. The predicted octanol–water partition coefficient (Wildman–Crippen LogP) is 1.54. The van der Waals surface area contributed by atoms with E-state index >= 15 is 0 Å². The lowest BCUT2D eigenvalue weighted by Gasteiger charge is -2.39. The maximum absolute atomic E-state index is 12.9. The number of para-hydroxylation sites is 1. The second-order valence-electron chi connectivity index (χ2n) is 6.88. The lowest BCUT2D eigenvalue weighted by molar-refractivity contribution is 0.0312. The molecule has 2 heterocycles. The molecular formula is C19H24N4O2. The predicted molar refractivity (Wildman–Crippen MR) is 94.7 cm³/mol. The van der Waals surface area contributed by atoms with E-state index < -0.39 is 0 Å². The van der Waals surface area contributed by atoms with Gasteiger partial charge < -0.3 is 10.0 Å². The number of benzene rings is 1. The third kappa shape index (κ3) is 3.19. The Kier molecular flexibility index (Phi) is 4.55. The molecule has 1 saturated heterocycles. The first-order chi connectivity index (χ1) is 12.2. The molecule has 6 heteroatoms. The Morgan fingerprint density at radius 2 is 1.84 bits per heavy atom. The van der Waals surface area contributed by atoms with E-state index in [0.717, 1.165) is 38.0 Å². The smallest absolute Gasteiger partial charge is 0.272 e. The van der Waals surface area contributed by atoms with Gasteiger partial charge in [-0.05, 0) is 31.4 Å². The molecule has 2 atom stereocenters. The van der Waals surface area contributed by atoms with Crippen LogP contribution in [0.1, 0.15) is 29.8 Å². The number of piperazine rings is 1. The van der Waals surface area contributed by atoms with Crippen molar-refractivity contribution < 1.29 is 9.90 Å². The summed E-state index contributed by atoms with van der Waals surface area (Å²) in [7, 11) is 0. The molecule has 0 unspecified atom stereocenters. The number of imidazole rings is 1. The summed E-state index contributed by atoms with van der Waals surface area (Å²) in [4.78, 5) is 21.4. The maximum Gasteiger partial charge on any atom is 0.272 e. The van der Waals surface area contributed by atoms with E-state index in [1.165, 1.54) is 0 Å². The molecule has 25 heavy (non-hydrogen) atoms. The quantitative estimate of drug-likeness (QED) is 0.921. The van der Waals surface area contributed by atoms with Crippen LogP contribution in [-0.4, -0.2) is 68.7 Å². The lowest BCUT2D eigenvalue weighted by Crippen LogP contribution is -2.53. The van der Waals surface area contributed by atoms with Crippen molar-refractivity contribution in [2.75, 3.05) is 26.2 Å². The molecule has 0 spiro atoms. The molecule has 0 bridgehead atoms. The van der Waals surface area contributed by atoms with E-state index in [1.54, 1.807) is 12.5 Å². The van der Waals surface area contributed by atoms with Crippen molar-refractivity contribution in [3.05, 3.63) is 48.5 Å². The van der Waals surface area contributed by atoms with Crippen molar-refractivity contribution in [1.29, 1.82) is 0 Å². The molecule has 1 saturated carbocycles. The van der Waals surface area contributed by atoms with Crippen molar-refractivity contribution in [2.45, 2.75) is 31.4 Å². The molecule has 6 nitrogen and oxygen atoms in total. The van der Waals surface area contributed by atoms with Crippen LogP contribution in [0, 0.1) is 0 Å². The second kappa shape index (κ2) is 6.98. The highest BCUT2D eigenvalue weighted by atomic mass is 16.3. The molecule has 1 aliphatic heterocycles. The van der Waals surface area contributed by atoms with E-state index in [-0.39, 0.29) is 18.1 Å². The number of hydrogen-bond acceptors (Lipinski definition) is 4. The van der Waals surface area contributed by atoms with Crippen LogP contribution in [0.25, 0.3) is 5.69 Å². The average molecular weight is 340 g/mol. The third-order valence-corrected chi connectivity index (χ3v) is 5.41. The Labute approximate surface area is 147 Å². The fourth-order valence-corrected chi connectivity index (χ4v) is 4.01. The molecule has 2 fully saturated rings. The Hall–Kier alpha value is -2.18. The van der Waals surface area contributed by atoms with Gasteiger partial charge in [0.1, 0.15) is 5.69 Å². The van der Waals surface area contributed by atoms with Gasteiger partial charge in [0.2, 0.25) is 0 Å². The van der Waals surface area contributed by atoms with Gasteiger partial charge in [0.15, 0.2) is 0 Å². The van der Waals surface area contributed by atoms with Gasteiger partial charge in [-0.15, -0.1) is 0 Å². The minimum atomic E-state index is -0.207. The van der Waals surface area contributed by atoms with Gasteiger partial charge in [0.25, 0.3) is 5.91 Å². The van der Waals surface area contributed by atoms with Gasteiger partial charge in [0, 0.05) is 37.9 Å². The molecule has 4 rings (SSSR count). The molecular weight excluding hydrogens is 316 g/mol. The molecule has 2 aromatic rings. The number of rotatable bonds is 3. The molecule has 2 aliphatic rings. The van der Waals surface area contributed by atoms with Crippen LogP contribution in [0.3, 0.4) is 0 Å². The van der Waals surface area contributed by atoms with E-state index in [9.17, 15) is 9.90 Å². The Morgan fingerprint density at radius 1 is 1.08 bits per heavy atom. The van der Waals surface area contributed by atoms with Gasteiger partial charge >= 0.3 is 0 Å². The highest BCUT2D eigenvalue weighted by Crippen LogP contribution is 2.25. The van der Waals surface area contributed by atoms with Crippen LogP contribution < -0.4 is 0 Å².